The number of hydrogen-bond donors (Lipinski definition) is 1. The van der Waals surface area contributed by atoms with E-state index in [0.29, 0.717) is 0 Å². The van der Waals surface area contributed by atoms with Gasteiger partial charge in [0.2, 0.25) is 0 Å². The highest BCUT2D eigenvalue weighted by atomic mass is 32.1. The third kappa shape index (κ3) is 2.29. The van der Waals surface area contributed by atoms with Gasteiger partial charge >= 0.3 is 0 Å². The number of pyridine rings is 1. The molecule has 0 aliphatic heterocycles. The van der Waals surface area contributed by atoms with E-state index < -0.39 is 0 Å². The molecule has 0 bridgehead atoms. The molecule has 0 radical (unpaired) electrons. The Bertz CT molecular complexity index is 398. The van der Waals surface area contributed by atoms with E-state index in [1.54, 1.807) is 11.3 Å². The highest BCUT2D eigenvalue weighted by molar-refractivity contribution is 7.09. The lowest BCUT2D eigenvalue weighted by Gasteiger charge is -2.03. The molecule has 0 saturated carbocycles. The molecular weight excluding hydrogens is 194 g/mol. The summed E-state index contributed by atoms with van der Waals surface area (Å²) in [6.07, 6.45) is 3.68. The van der Waals surface area contributed by atoms with Gasteiger partial charge in [0, 0.05) is 17.3 Å². The molecule has 0 aromatic carbocycles. The van der Waals surface area contributed by atoms with E-state index in [4.69, 9.17) is 0 Å². The molecule has 0 aliphatic rings. The van der Waals surface area contributed by atoms with Gasteiger partial charge < -0.3 is 5.32 Å². The van der Waals surface area contributed by atoms with Crippen LogP contribution in [0, 0.1) is 6.92 Å². The molecule has 0 atom stereocenters. The van der Waals surface area contributed by atoms with E-state index in [0.717, 1.165) is 12.4 Å². The molecule has 1 N–H and O–H groups in total. The fourth-order valence-corrected chi connectivity index (χ4v) is 1.67. The average molecular weight is 205 g/mol. The standard InChI is InChI=1S/C10H11N3S/c1-8-2-3-12-10(4-8)13-6-9-5-11-7-14-9/h2-5,7H,6H2,1H3,(H,12,13). The third-order valence-corrected chi connectivity index (χ3v) is 2.62. The summed E-state index contributed by atoms with van der Waals surface area (Å²) in [6, 6.07) is 4.01. The van der Waals surface area contributed by atoms with Crippen molar-refractivity contribution in [1.29, 1.82) is 0 Å². The van der Waals surface area contributed by atoms with Gasteiger partial charge in [-0.25, -0.2) is 4.98 Å². The lowest BCUT2D eigenvalue weighted by Crippen LogP contribution is -1.99. The van der Waals surface area contributed by atoms with Gasteiger partial charge in [-0.2, -0.15) is 0 Å². The van der Waals surface area contributed by atoms with Gasteiger partial charge in [-0.15, -0.1) is 11.3 Å². The Kier molecular flexibility index (Phi) is 2.74. The van der Waals surface area contributed by atoms with Crippen molar-refractivity contribution in [3.05, 3.63) is 40.5 Å². The highest BCUT2D eigenvalue weighted by Gasteiger charge is 1.96. The molecule has 3 nitrogen and oxygen atoms in total. The number of aromatic nitrogens is 2. The SMILES string of the molecule is Cc1ccnc(NCc2cncs2)c1. The summed E-state index contributed by atoms with van der Waals surface area (Å²) in [4.78, 5) is 9.44. The van der Waals surface area contributed by atoms with Crippen LogP contribution in [0.25, 0.3) is 0 Å². The minimum Gasteiger partial charge on any atom is -0.365 e. The minimum absolute atomic E-state index is 0.793. The predicted molar refractivity (Wildman–Crippen MR) is 58.4 cm³/mol. The molecule has 0 saturated heterocycles. The van der Waals surface area contributed by atoms with Crippen LogP contribution in [0.3, 0.4) is 0 Å². The van der Waals surface area contributed by atoms with Gasteiger partial charge in [0.15, 0.2) is 0 Å². The summed E-state index contributed by atoms with van der Waals surface area (Å²) in [7, 11) is 0. The van der Waals surface area contributed by atoms with E-state index >= 15 is 0 Å². The summed E-state index contributed by atoms with van der Waals surface area (Å²) in [6.45, 7) is 2.85. The van der Waals surface area contributed by atoms with Crippen molar-refractivity contribution in [1.82, 2.24) is 9.97 Å². The maximum atomic E-state index is 4.21. The summed E-state index contributed by atoms with van der Waals surface area (Å²) >= 11 is 1.64. The van der Waals surface area contributed by atoms with Crippen LogP contribution in [0.5, 0.6) is 0 Å². The van der Waals surface area contributed by atoms with Crippen LogP contribution < -0.4 is 5.32 Å². The lowest BCUT2D eigenvalue weighted by molar-refractivity contribution is 1.12. The van der Waals surface area contributed by atoms with E-state index in [2.05, 4.69) is 22.2 Å². The largest absolute Gasteiger partial charge is 0.365 e. The predicted octanol–water partition coefficient (Wildman–Crippen LogP) is 2.46. The second-order valence-corrected chi connectivity index (χ2v) is 4.01. The first-order valence-electron chi connectivity index (χ1n) is 4.38. The molecule has 2 aromatic heterocycles. The molecule has 2 heterocycles. The normalized spacial score (nSPS) is 10.1. The van der Waals surface area contributed by atoms with Crippen molar-refractivity contribution in [2.24, 2.45) is 0 Å². The first-order chi connectivity index (χ1) is 6.84. The Morgan fingerprint density at radius 1 is 1.50 bits per heavy atom. The Morgan fingerprint density at radius 3 is 3.14 bits per heavy atom. The molecule has 2 aromatic rings. The average Bonchev–Trinajstić information content (AvgIpc) is 2.67. The molecular formula is C10H11N3S. The molecule has 14 heavy (non-hydrogen) atoms. The first-order valence-corrected chi connectivity index (χ1v) is 5.26. The Balaban J connectivity index is 1.98. The van der Waals surface area contributed by atoms with Crippen molar-refractivity contribution >= 4 is 17.2 Å². The van der Waals surface area contributed by atoms with Crippen LogP contribution in [0.2, 0.25) is 0 Å². The fraction of sp³-hybridized carbons (Fsp3) is 0.200. The third-order valence-electron chi connectivity index (χ3n) is 1.84. The molecule has 0 aliphatic carbocycles. The first kappa shape index (κ1) is 9.15. The number of nitrogens with one attached hydrogen (secondary N) is 1. The molecule has 2 rings (SSSR count). The number of thiazole rings is 1. The van der Waals surface area contributed by atoms with E-state index in [9.17, 15) is 0 Å². The summed E-state index contributed by atoms with van der Waals surface area (Å²) in [5, 5.41) is 3.25. The van der Waals surface area contributed by atoms with E-state index in [-0.39, 0.29) is 0 Å². The second kappa shape index (κ2) is 4.19. The fourth-order valence-electron chi connectivity index (χ4n) is 1.14. The summed E-state index contributed by atoms with van der Waals surface area (Å²) in [5.74, 6) is 0.915. The van der Waals surface area contributed by atoms with Gasteiger partial charge in [0.25, 0.3) is 0 Å². The van der Waals surface area contributed by atoms with Gasteiger partial charge in [0.1, 0.15) is 5.82 Å². The molecule has 72 valence electrons. The lowest BCUT2D eigenvalue weighted by atomic mass is 10.3. The van der Waals surface area contributed by atoms with Crippen molar-refractivity contribution in [3.8, 4) is 0 Å². The second-order valence-electron chi connectivity index (χ2n) is 3.04. The zero-order chi connectivity index (χ0) is 9.80. The maximum absolute atomic E-state index is 4.21. The molecule has 0 spiro atoms. The van der Waals surface area contributed by atoms with Crippen molar-refractivity contribution in [2.75, 3.05) is 5.32 Å². The summed E-state index contributed by atoms with van der Waals surface area (Å²) in [5.41, 5.74) is 3.05. The maximum Gasteiger partial charge on any atom is 0.126 e. The Hall–Kier alpha value is -1.42. The topological polar surface area (TPSA) is 37.8 Å². The number of hydrogen-bond acceptors (Lipinski definition) is 4. The molecule has 0 amide bonds. The molecule has 0 fully saturated rings. The van der Waals surface area contributed by atoms with Crippen molar-refractivity contribution in [3.63, 3.8) is 0 Å². The summed E-state index contributed by atoms with van der Waals surface area (Å²) < 4.78 is 0. The van der Waals surface area contributed by atoms with Gasteiger partial charge in [-0.1, -0.05) is 0 Å². The van der Waals surface area contributed by atoms with Gasteiger partial charge in [0.05, 0.1) is 12.1 Å². The van der Waals surface area contributed by atoms with E-state index in [1.807, 2.05) is 30.0 Å². The van der Waals surface area contributed by atoms with E-state index in [1.165, 1.54) is 10.4 Å². The number of nitrogens with zero attached hydrogens (tertiary/aromatic N) is 2. The van der Waals surface area contributed by atoms with Crippen LogP contribution in [-0.4, -0.2) is 9.97 Å². The monoisotopic (exact) mass is 205 g/mol. The van der Waals surface area contributed by atoms with Crippen LogP contribution >= 0.6 is 11.3 Å². The molecule has 0 unspecified atom stereocenters. The van der Waals surface area contributed by atoms with Gasteiger partial charge in [-0.3, -0.25) is 4.98 Å². The van der Waals surface area contributed by atoms with Crippen LogP contribution in [0.15, 0.2) is 30.0 Å². The number of rotatable bonds is 3. The quantitative estimate of drug-likeness (QED) is 0.836. The number of anilines is 1. The van der Waals surface area contributed by atoms with Crippen LogP contribution in [-0.2, 0) is 6.54 Å². The van der Waals surface area contributed by atoms with Crippen molar-refractivity contribution < 1.29 is 0 Å². The Labute approximate surface area is 86.8 Å². The van der Waals surface area contributed by atoms with Crippen molar-refractivity contribution in [2.45, 2.75) is 13.5 Å². The smallest absolute Gasteiger partial charge is 0.126 e. The van der Waals surface area contributed by atoms with Crippen LogP contribution in [0.1, 0.15) is 10.4 Å². The van der Waals surface area contributed by atoms with Crippen LogP contribution in [0.4, 0.5) is 5.82 Å². The van der Waals surface area contributed by atoms with Gasteiger partial charge in [-0.05, 0) is 24.6 Å². The minimum atomic E-state index is 0.793. The molecule has 4 heteroatoms. The zero-order valence-corrected chi connectivity index (χ0v) is 8.71. The number of aryl methyl sites for hydroxylation is 1. The highest BCUT2D eigenvalue weighted by Crippen LogP contribution is 2.10. The Morgan fingerprint density at radius 2 is 2.43 bits per heavy atom. The zero-order valence-electron chi connectivity index (χ0n) is 7.90.